The van der Waals surface area contributed by atoms with E-state index in [9.17, 15) is 4.79 Å². The van der Waals surface area contributed by atoms with Crippen molar-refractivity contribution in [2.45, 2.75) is 25.8 Å². The van der Waals surface area contributed by atoms with Gasteiger partial charge in [-0.2, -0.15) is 0 Å². The van der Waals surface area contributed by atoms with E-state index in [1.54, 1.807) is 18.0 Å². The van der Waals surface area contributed by atoms with Gasteiger partial charge < -0.3 is 4.90 Å². The van der Waals surface area contributed by atoms with E-state index in [0.29, 0.717) is 12.4 Å². The number of alkyl halides is 1. The smallest absolute Gasteiger partial charge is 0.245 e. The molecule has 1 aromatic carbocycles. The van der Waals surface area contributed by atoms with Crippen LogP contribution in [0, 0.1) is 6.92 Å². The number of benzene rings is 1. The van der Waals surface area contributed by atoms with Crippen LogP contribution in [0.1, 0.15) is 18.4 Å². The molecule has 0 bridgehead atoms. The van der Waals surface area contributed by atoms with Crippen LogP contribution in [-0.2, 0) is 11.3 Å². The Hall–Kier alpha value is -1.94. The summed E-state index contributed by atoms with van der Waals surface area (Å²) in [6, 6.07) is 11.2. The molecule has 1 unspecified atom stereocenters. The summed E-state index contributed by atoms with van der Waals surface area (Å²) in [5.74, 6) is 0.433. The SMILES string of the molecule is Cc1ccnc(CN(C(=O)C(C)Cl)c2ccccc2)n1. The Bertz CT molecular complexity index is 587. The van der Waals surface area contributed by atoms with Gasteiger partial charge in [0.05, 0.1) is 6.54 Å². The fourth-order valence-electron chi connectivity index (χ4n) is 1.84. The highest BCUT2D eigenvalue weighted by atomic mass is 35.5. The van der Waals surface area contributed by atoms with Crippen LogP contribution in [0.2, 0.25) is 0 Å². The van der Waals surface area contributed by atoms with E-state index < -0.39 is 5.38 Å². The van der Waals surface area contributed by atoms with Gasteiger partial charge in [0.25, 0.3) is 0 Å². The Morgan fingerprint density at radius 2 is 2.00 bits per heavy atom. The lowest BCUT2D eigenvalue weighted by Crippen LogP contribution is -2.35. The molecule has 1 aromatic heterocycles. The lowest BCUT2D eigenvalue weighted by Gasteiger charge is -2.23. The maximum absolute atomic E-state index is 12.3. The monoisotopic (exact) mass is 289 g/mol. The number of aromatic nitrogens is 2. The molecule has 0 radical (unpaired) electrons. The second-order valence-electron chi connectivity index (χ2n) is 4.49. The average Bonchev–Trinajstić information content (AvgIpc) is 2.45. The Kier molecular flexibility index (Phi) is 4.69. The van der Waals surface area contributed by atoms with Gasteiger partial charge >= 0.3 is 0 Å². The van der Waals surface area contributed by atoms with Crippen LogP contribution in [0.3, 0.4) is 0 Å². The van der Waals surface area contributed by atoms with Gasteiger partial charge in [-0.3, -0.25) is 4.79 Å². The molecule has 104 valence electrons. The quantitative estimate of drug-likeness (QED) is 0.813. The number of hydrogen-bond donors (Lipinski definition) is 0. The zero-order valence-electron chi connectivity index (χ0n) is 11.5. The Labute approximate surface area is 123 Å². The molecule has 0 N–H and O–H groups in total. The Morgan fingerprint density at radius 3 is 2.60 bits per heavy atom. The van der Waals surface area contributed by atoms with Crippen molar-refractivity contribution in [2.24, 2.45) is 0 Å². The standard InChI is InChI=1S/C15H16ClN3O/c1-11-8-9-17-14(18-11)10-19(15(20)12(2)16)13-6-4-3-5-7-13/h3-9,12H,10H2,1-2H3. The van der Waals surface area contributed by atoms with Crippen molar-refractivity contribution < 1.29 is 4.79 Å². The van der Waals surface area contributed by atoms with E-state index in [1.165, 1.54) is 0 Å². The molecule has 0 saturated carbocycles. The number of anilines is 1. The minimum Gasteiger partial charge on any atom is -0.304 e. The van der Waals surface area contributed by atoms with Crippen LogP contribution in [0.5, 0.6) is 0 Å². The number of carbonyl (C=O) groups is 1. The second-order valence-corrected chi connectivity index (χ2v) is 5.14. The van der Waals surface area contributed by atoms with E-state index in [1.807, 2.05) is 43.3 Å². The first kappa shape index (κ1) is 14.5. The van der Waals surface area contributed by atoms with Crippen LogP contribution < -0.4 is 4.90 Å². The minimum absolute atomic E-state index is 0.164. The van der Waals surface area contributed by atoms with Gasteiger partial charge in [0.15, 0.2) is 0 Å². The molecule has 20 heavy (non-hydrogen) atoms. The fourth-order valence-corrected chi connectivity index (χ4v) is 1.96. The van der Waals surface area contributed by atoms with Gasteiger partial charge in [-0.25, -0.2) is 9.97 Å². The van der Waals surface area contributed by atoms with Crippen molar-refractivity contribution in [3.8, 4) is 0 Å². The number of halogens is 1. The number of para-hydroxylation sites is 1. The summed E-state index contributed by atoms with van der Waals surface area (Å²) in [5, 5.41) is -0.597. The van der Waals surface area contributed by atoms with Crippen molar-refractivity contribution in [1.29, 1.82) is 0 Å². The third-order valence-electron chi connectivity index (χ3n) is 2.82. The predicted molar refractivity (Wildman–Crippen MR) is 79.7 cm³/mol. The molecule has 4 nitrogen and oxygen atoms in total. The first-order valence-electron chi connectivity index (χ1n) is 6.37. The summed E-state index contributed by atoms with van der Waals surface area (Å²) in [6.07, 6.45) is 1.69. The summed E-state index contributed by atoms with van der Waals surface area (Å²) in [6.45, 7) is 3.86. The minimum atomic E-state index is -0.597. The van der Waals surface area contributed by atoms with Crippen molar-refractivity contribution in [2.75, 3.05) is 4.90 Å². The summed E-state index contributed by atoms with van der Waals surface area (Å²) >= 11 is 5.94. The van der Waals surface area contributed by atoms with Gasteiger partial charge in [0, 0.05) is 17.6 Å². The number of aryl methyl sites for hydroxylation is 1. The maximum Gasteiger partial charge on any atom is 0.245 e. The molecule has 1 amide bonds. The molecule has 5 heteroatoms. The number of rotatable bonds is 4. The molecular formula is C15H16ClN3O. The van der Waals surface area contributed by atoms with Gasteiger partial charge in [-0.15, -0.1) is 11.6 Å². The predicted octanol–water partition coefficient (Wildman–Crippen LogP) is 2.95. The first-order valence-corrected chi connectivity index (χ1v) is 6.80. The number of hydrogen-bond acceptors (Lipinski definition) is 3. The van der Waals surface area contributed by atoms with Gasteiger partial charge in [0.1, 0.15) is 11.2 Å². The van der Waals surface area contributed by atoms with Crippen LogP contribution in [-0.4, -0.2) is 21.3 Å². The van der Waals surface area contributed by atoms with Crippen molar-refractivity contribution in [1.82, 2.24) is 9.97 Å². The number of carbonyl (C=O) groups excluding carboxylic acids is 1. The van der Waals surface area contributed by atoms with Gasteiger partial charge in [-0.1, -0.05) is 18.2 Å². The molecule has 0 aliphatic rings. The second kappa shape index (κ2) is 6.48. The van der Waals surface area contributed by atoms with Crippen LogP contribution in [0.4, 0.5) is 5.69 Å². The highest BCUT2D eigenvalue weighted by Gasteiger charge is 2.21. The third-order valence-corrected chi connectivity index (χ3v) is 3.01. The lowest BCUT2D eigenvalue weighted by molar-refractivity contribution is -0.118. The molecule has 1 atom stereocenters. The maximum atomic E-state index is 12.3. The zero-order chi connectivity index (χ0) is 14.5. The Balaban J connectivity index is 2.30. The summed E-state index contributed by atoms with van der Waals surface area (Å²) < 4.78 is 0. The molecule has 0 saturated heterocycles. The van der Waals surface area contributed by atoms with Crippen LogP contribution in [0.15, 0.2) is 42.6 Å². The fraction of sp³-hybridized carbons (Fsp3) is 0.267. The molecular weight excluding hydrogens is 274 g/mol. The van der Waals surface area contributed by atoms with E-state index in [2.05, 4.69) is 9.97 Å². The van der Waals surface area contributed by atoms with E-state index >= 15 is 0 Å². The molecule has 0 aliphatic heterocycles. The van der Waals surface area contributed by atoms with E-state index in [0.717, 1.165) is 11.4 Å². The number of nitrogens with zero attached hydrogens (tertiary/aromatic N) is 3. The molecule has 1 heterocycles. The Morgan fingerprint density at radius 1 is 1.30 bits per heavy atom. The zero-order valence-corrected chi connectivity index (χ0v) is 12.2. The first-order chi connectivity index (χ1) is 9.58. The average molecular weight is 290 g/mol. The van der Waals surface area contributed by atoms with Crippen molar-refractivity contribution in [3.63, 3.8) is 0 Å². The highest BCUT2D eigenvalue weighted by Crippen LogP contribution is 2.18. The normalized spacial score (nSPS) is 11.9. The van der Waals surface area contributed by atoms with E-state index in [-0.39, 0.29) is 5.91 Å². The van der Waals surface area contributed by atoms with Crippen LogP contribution in [0.25, 0.3) is 0 Å². The largest absolute Gasteiger partial charge is 0.304 e. The summed E-state index contributed by atoms with van der Waals surface area (Å²) in [4.78, 5) is 22.4. The summed E-state index contributed by atoms with van der Waals surface area (Å²) in [5.41, 5.74) is 1.66. The lowest BCUT2D eigenvalue weighted by atomic mass is 10.2. The van der Waals surface area contributed by atoms with Crippen molar-refractivity contribution >= 4 is 23.2 Å². The van der Waals surface area contributed by atoms with Gasteiger partial charge in [0.2, 0.25) is 5.91 Å². The molecule has 0 spiro atoms. The number of amides is 1. The van der Waals surface area contributed by atoms with E-state index in [4.69, 9.17) is 11.6 Å². The van der Waals surface area contributed by atoms with Gasteiger partial charge in [-0.05, 0) is 32.0 Å². The van der Waals surface area contributed by atoms with Crippen molar-refractivity contribution in [3.05, 3.63) is 54.1 Å². The molecule has 0 aliphatic carbocycles. The highest BCUT2D eigenvalue weighted by molar-refractivity contribution is 6.32. The molecule has 2 rings (SSSR count). The van der Waals surface area contributed by atoms with Crippen LogP contribution >= 0.6 is 11.6 Å². The summed E-state index contributed by atoms with van der Waals surface area (Å²) in [7, 11) is 0. The molecule has 0 fully saturated rings. The molecule has 2 aromatic rings. The third kappa shape index (κ3) is 3.54. The topological polar surface area (TPSA) is 46.1 Å².